The second kappa shape index (κ2) is 14.3. The van der Waals surface area contributed by atoms with Crippen molar-refractivity contribution in [2.45, 2.75) is 134 Å². The largest absolute Gasteiger partial charge is 0.490 e. The van der Waals surface area contributed by atoms with E-state index in [0.29, 0.717) is 31.5 Å². The van der Waals surface area contributed by atoms with Gasteiger partial charge in [0.15, 0.2) is 0 Å². The monoisotopic (exact) mass is 714 g/mol. The lowest BCUT2D eigenvalue weighted by Gasteiger charge is -2.46. The molecule has 282 valence electrons. The first-order valence-electron chi connectivity index (χ1n) is 20.2. The summed E-state index contributed by atoms with van der Waals surface area (Å²) >= 11 is 0. The molecule has 52 heavy (non-hydrogen) atoms. The number of hydrogen-bond acceptors (Lipinski definition) is 6. The quantitative estimate of drug-likeness (QED) is 0.320. The van der Waals surface area contributed by atoms with Crippen LogP contribution in [0.1, 0.15) is 114 Å². The highest BCUT2D eigenvalue weighted by atomic mass is 16.5. The molecule has 0 unspecified atom stereocenters. The number of rotatable bonds is 10. The number of carboxylic acid groups (broad SMARTS) is 1. The minimum Gasteiger partial charge on any atom is -0.490 e. The summed E-state index contributed by atoms with van der Waals surface area (Å²) < 4.78 is 8.94. The Bertz CT molecular complexity index is 1640. The van der Waals surface area contributed by atoms with E-state index in [2.05, 4.69) is 58.5 Å². The van der Waals surface area contributed by atoms with Crippen molar-refractivity contribution >= 4 is 23.6 Å². The van der Waals surface area contributed by atoms with Crippen molar-refractivity contribution in [3.05, 3.63) is 41.2 Å². The van der Waals surface area contributed by atoms with Crippen molar-refractivity contribution < 1.29 is 24.2 Å². The number of nitrogens with zero attached hydrogens (tertiary/aromatic N) is 6. The fraction of sp³-hybridized carbons (Fsp3) is 0.707. The summed E-state index contributed by atoms with van der Waals surface area (Å²) in [6.07, 6.45) is 16.3. The zero-order valence-corrected chi connectivity index (χ0v) is 31.5. The van der Waals surface area contributed by atoms with E-state index in [0.717, 1.165) is 108 Å². The Morgan fingerprint density at radius 2 is 1.63 bits per heavy atom. The summed E-state index contributed by atoms with van der Waals surface area (Å²) in [5.74, 6) is 2.19. The molecule has 6 aliphatic rings. The number of aromatic nitrogens is 2. The van der Waals surface area contributed by atoms with E-state index in [1.54, 1.807) is 0 Å². The fourth-order valence-electron chi connectivity index (χ4n) is 9.24. The average molecular weight is 715 g/mol. The highest BCUT2D eigenvalue weighted by molar-refractivity contribution is 5.98. The van der Waals surface area contributed by atoms with Crippen LogP contribution in [0.4, 0.5) is 10.5 Å². The van der Waals surface area contributed by atoms with Crippen molar-refractivity contribution in [1.29, 1.82) is 0 Å². The molecule has 0 radical (unpaired) electrons. The number of likely N-dealkylation sites (tertiary alicyclic amines) is 3. The molecule has 11 nitrogen and oxygen atoms in total. The van der Waals surface area contributed by atoms with Crippen LogP contribution in [0.5, 0.6) is 5.75 Å². The molecule has 5 heterocycles. The smallest absolute Gasteiger partial charge is 0.407 e. The van der Waals surface area contributed by atoms with Crippen LogP contribution in [0.3, 0.4) is 0 Å². The van der Waals surface area contributed by atoms with Crippen LogP contribution in [-0.4, -0.2) is 105 Å². The van der Waals surface area contributed by atoms with Crippen LogP contribution in [0.15, 0.2) is 24.5 Å². The Kier molecular flexibility index (Phi) is 9.76. The minimum absolute atomic E-state index is 0.170. The molecule has 5 fully saturated rings. The molecule has 1 aromatic heterocycles. The Hall–Kier alpha value is -3.60. The minimum atomic E-state index is -0.826. The lowest BCUT2D eigenvalue weighted by Crippen LogP contribution is -2.62. The maximum atomic E-state index is 13.4. The molecule has 8 rings (SSSR count). The average Bonchev–Trinajstić information content (AvgIpc) is 3.81. The van der Waals surface area contributed by atoms with Crippen molar-refractivity contribution in [2.24, 2.45) is 11.8 Å². The number of carbonyl (C=O) groups excluding carboxylic acids is 2. The number of hydrogen-bond donors (Lipinski definition) is 1. The van der Waals surface area contributed by atoms with Gasteiger partial charge in [0, 0.05) is 62.4 Å². The van der Waals surface area contributed by atoms with Gasteiger partial charge in [-0.15, -0.1) is 0 Å². The van der Waals surface area contributed by atoms with E-state index in [-0.39, 0.29) is 41.3 Å². The van der Waals surface area contributed by atoms with E-state index in [9.17, 15) is 14.4 Å². The van der Waals surface area contributed by atoms with E-state index in [1.165, 1.54) is 28.0 Å². The Balaban J connectivity index is 0.872. The summed E-state index contributed by atoms with van der Waals surface area (Å²) in [4.78, 5) is 45.9. The van der Waals surface area contributed by atoms with E-state index in [1.807, 2.05) is 6.20 Å². The first-order chi connectivity index (χ1) is 25.0. The molecule has 0 spiro atoms. The van der Waals surface area contributed by atoms with Gasteiger partial charge in [0.25, 0.3) is 0 Å². The van der Waals surface area contributed by atoms with E-state index in [4.69, 9.17) is 14.9 Å². The van der Waals surface area contributed by atoms with Gasteiger partial charge in [-0.3, -0.25) is 19.2 Å². The van der Waals surface area contributed by atoms with Gasteiger partial charge in [-0.2, -0.15) is 5.10 Å². The maximum absolute atomic E-state index is 13.4. The summed E-state index contributed by atoms with van der Waals surface area (Å²) in [5.41, 5.74) is 4.55. The predicted molar refractivity (Wildman–Crippen MR) is 199 cm³/mol. The molecule has 1 aromatic carbocycles. The Morgan fingerprint density at radius 3 is 2.29 bits per heavy atom. The van der Waals surface area contributed by atoms with Gasteiger partial charge in [0.2, 0.25) is 11.8 Å². The normalized spacial score (nSPS) is 24.0. The van der Waals surface area contributed by atoms with Gasteiger partial charge in [0.05, 0.1) is 24.0 Å². The van der Waals surface area contributed by atoms with Crippen molar-refractivity contribution in [3.8, 4) is 5.75 Å². The van der Waals surface area contributed by atoms with Gasteiger partial charge >= 0.3 is 6.09 Å². The topological polar surface area (TPSA) is 111 Å². The van der Waals surface area contributed by atoms with Crippen LogP contribution < -0.4 is 9.64 Å². The van der Waals surface area contributed by atoms with Crippen LogP contribution in [0.2, 0.25) is 0 Å². The molecule has 1 N–H and O–H groups in total. The molecular weight excluding hydrogens is 656 g/mol. The molecule has 0 bridgehead atoms. The lowest BCUT2D eigenvalue weighted by molar-refractivity contribution is -0.134. The molecule has 11 heteroatoms. The van der Waals surface area contributed by atoms with Crippen molar-refractivity contribution in [1.82, 2.24) is 24.5 Å². The number of benzene rings is 1. The first-order valence-corrected chi connectivity index (χ1v) is 20.2. The molecule has 1 atom stereocenters. The molecule has 3 amide bonds. The summed E-state index contributed by atoms with van der Waals surface area (Å²) in [5, 5.41) is 14.0. The molecule has 3 saturated heterocycles. The Morgan fingerprint density at radius 1 is 0.904 bits per heavy atom. The first kappa shape index (κ1) is 35.4. The SMILES string of the molecule is C[C@H]1CCc2c(ccc(CC(C)(C)c3cnn(C4CCN(C(=O)CC5CCN(C6CN(C(=O)O)C6)CC5)CC4)c3)c2OC2CCC2)N1C(=O)C1CC1. The van der Waals surface area contributed by atoms with Crippen LogP contribution in [-0.2, 0) is 27.8 Å². The number of ether oxygens (including phenoxy) is 1. The standard InChI is InChI=1S/C41H58N6O5/c1-27-7-11-35-36(47(27)39(49)29-8-9-29)12-10-30(38(35)52-34-5-4-6-34)22-41(2,3)31-23-42-46(24-31)32-15-19-44(20-16-32)37(48)21-28-13-17-43(18-14-28)33-25-45(26-33)40(50)51/h10,12,23-24,27-29,32-34H,4-9,11,13-22,25-26H2,1-3H3,(H,50,51)/t27-/m0/s1. The number of anilines is 1. The number of fused-ring (bicyclic) bond motifs is 1. The number of carbonyl (C=O) groups is 3. The molecule has 2 aliphatic carbocycles. The zero-order chi connectivity index (χ0) is 36.1. The maximum Gasteiger partial charge on any atom is 0.407 e. The summed E-state index contributed by atoms with van der Waals surface area (Å²) in [6.45, 7) is 11.4. The summed E-state index contributed by atoms with van der Waals surface area (Å²) in [7, 11) is 0. The molecule has 2 aromatic rings. The molecular formula is C41H58N6O5. The molecule has 2 saturated carbocycles. The highest BCUT2D eigenvalue weighted by Gasteiger charge is 2.41. The van der Waals surface area contributed by atoms with E-state index >= 15 is 0 Å². The van der Waals surface area contributed by atoms with Crippen LogP contribution in [0.25, 0.3) is 0 Å². The van der Waals surface area contributed by atoms with Crippen LogP contribution in [0, 0.1) is 11.8 Å². The van der Waals surface area contributed by atoms with Gasteiger partial charge < -0.3 is 24.5 Å². The third-order valence-corrected chi connectivity index (χ3v) is 13.3. The second-order valence-electron chi connectivity index (χ2n) is 17.5. The van der Waals surface area contributed by atoms with Crippen LogP contribution >= 0.6 is 0 Å². The van der Waals surface area contributed by atoms with Crippen molar-refractivity contribution in [3.63, 3.8) is 0 Å². The van der Waals surface area contributed by atoms with Gasteiger partial charge in [-0.1, -0.05) is 19.9 Å². The second-order valence-corrected chi connectivity index (χ2v) is 17.5. The lowest BCUT2D eigenvalue weighted by atomic mass is 9.79. The van der Waals surface area contributed by atoms with Crippen molar-refractivity contribution in [2.75, 3.05) is 44.2 Å². The zero-order valence-electron chi connectivity index (χ0n) is 31.5. The van der Waals surface area contributed by atoms with Gasteiger partial charge in [0.1, 0.15) is 5.75 Å². The van der Waals surface area contributed by atoms with Gasteiger partial charge in [-0.05, 0) is 126 Å². The number of amides is 3. The number of piperidine rings is 2. The third kappa shape index (κ3) is 7.18. The fourth-order valence-corrected chi connectivity index (χ4v) is 9.24. The Labute approximate surface area is 308 Å². The molecule has 4 aliphatic heterocycles. The third-order valence-electron chi connectivity index (χ3n) is 13.3. The predicted octanol–water partition coefficient (Wildman–Crippen LogP) is 6.04. The van der Waals surface area contributed by atoms with E-state index < -0.39 is 6.09 Å². The summed E-state index contributed by atoms with van der Waals surface area (Å²) in [6, 6.07) is 5.25. The highest BCUT2D eigenvalue weighted by Crippen LogP contribution is 2.45. The van der Waals surface area contributed by atoms with Gasteiger partial charge in [-0.25, -0.2) is 4.79 Å².